The Hall–Kier alpha value is -9.12. The van der Waals surface area contributed by atoms with Crippen LogP contribution in [0.5, 0.6) is 0 Å². The summed E-state index contributed by atoms with van der Waals surface area (Å²) in [5, 5.41) is 1.33. The van der Waals surface area contributed by atoms with Gasteiger partial charge in [0.2, 0.25) is 0 Å². The van der Waals surface area contributed by atoms with Crippen LogP contribution in [0.1, 0.15) is 0 Å². The lowest BCUT2D eigenvalue weighted by Crippen LogP contribution is -2.61. The molecule has 77 heavy (non-hydrogen) atoms. The van der Waals surface area contributed by atoms with Crippen molar-refractivity contribution in [3.05, 3.63) is 295 Å². The van der Waals surface area contributed by atoms with E-state index in [1.54, 1.807) is 0 Å². The number of hydrogen-bond acceptors (Lipinski definition) is 2. The van der Waals surface area contributed by atoms with E-state index in [1.807, 2.05) is 0 Å². The van der Waals surface area contributed by atoms with Crippen molar-refractivity contribution in [2.45, 2.75) is 0 Å². The molecule has 0 aliphatic carbocycles. The number of benzene rings is 12. The quantitative estimate of drug-likeness (QED) is 0.133. The Morgan fingerprint density at radius 2 is 0.506 bits per heavy atom. The maximum atomic E-state index is 7.35. The molecule has 2 nitrogen and oxygen atoms in total. The zero-order valence-electron chi connectivity index (χ0n) is 41.9. The third-order valence-electron chi connectivity index (χ3n) is 15.3. The van der Waals surface area contributed by atoms with Gasteiger partial charge in [-0.05, 0) is 121 Å². The Bertz CT molecular complexity index is 3790. The highest BCUT2D eigenvalue weighted by Gasteiger charge is 2.45. The molecule has 5 heteroatoms. The largest absolute Gasteiger partial charge is 0.310 e. The van der Waals surface area contributed by atoms with E-state index in [4.69, 9.17) is 23.2 Å². The third-order valence-corrected chi connectivity index (χ3v) is 15.8. The highest BCUT2D eigenvalue weighted by atomic mass is 35.5. The van der Waals surface area contributed by atoms with Crippen LogP contribution in [-0.2, 0) is 0 Å². The van der Waals surface area contributed by atoms with E-state index in [1.165, 1.54) is 16.4 Å². The van der Waals surface area contributed by atoms with Gasteiger partial charge in [-0.25, -0.2) is 0 Å². The average Bonchev–Trinajstić information content (AvgIpc) is 3.53. The summed E-state index contributed by atoms with van der Waals surface area (Å²) in [7, 11) is 0. The smallest absolute Gasteiger partial charge is 0.252 e. The van der Waals surface area contributed by atoms with Crippen molar-refractivity contribution in [3.8, 4) is 77.9 Å². The summed E-state index contributed by atoms with van der Waals surface area (Å²) in [5.41, 5.74) is 25.3. The molecular formula is C72H47BCl2N2. The molecule has 362 valence electrons. The van der Waals surface area contributed by atoms with Crippen molar-refractivity contribution in [3.63, 3.8) is 0 Å². The Morgan fingerprint density at radius 3 is 0.805 bits per heavy atom. The van der Waals surface area contributed by atoms with Crippen molar-refractivity contribution in [2.24, 2.45) is 0 Å². The molecule has 0 radical (unpaired) electrons. The molecule has 2 aliphatic heterocycles. The monoisotopic (exact) mass is 1020 g/mol. The summed E-state index contributed by atoms with van der Waals surface area (Å²) in [6, 6.07) is 103. The highest BCUT2D eigenvalue weighted by molar-refractivity contribution is 7.00. The van der Waals surface area contributed by atoms with E-state index >= 15 is 0 Å². The van der Waals surface area contributed by atoms with Gasteiger partial charge in [-0.3, -0.25) is 0 Å². The molecule has 0 amide bonds. The second kappa shape index (κ2) is 19.5. The first kappa shape index (κ1) is 46.4. The number of anilines is 6. The van der Waals surface area contributed by atoms with E-state index in [-0.39, 0.29) is 6.71 Å². The SMILES string of the molecule is Clc1cc(-c2ccccc2)c(N2c3ccc(-c4ccccc4)cc3B3c4cc(-c5ccccc5)ccc4N(c4c(-c5ccccc5)cc(Cl)cc4-c4ccccc4)c4cc(-c5ccccc5)cc2c43)c(-c2ccccc2)c1. The van der Waals surface area contributed by atoms with E-state index in [9.17, 15) is 0 Å². The molecule has 0 saturated heterocycles. The zero-order valence-corrected chi connectivity index (χ0v) is 43.4. The normalized spacial score (nSPS) is 12.2. The molecule has 0 atom stereocenters. The van der Waals surface area contributed by atoms with Crippen molar-refractivity contribution < 1.29 is 0 Å². The van der Waals surface area contributed by atoms with Gasteiger partial charge in [0.25, 0.3) is 6.71 Å². The van der Waals surface area contributed by atoms with Gasteiger partial charge in [0, 0.05) is 55.0 Å². The lowest BCUT2D eigenvalue weighted by molar-refractivity contribution is 1.25. The first-order valence-electron chi connectivity index (χ1n) is 26.2. The predicted octanol–water partition coefficient (Wildman–Crippen LogP) is 18.7. The van der Waals surface area contributed by atoms with Crippen LogP contribution in [0.25, 0.3) is 77.9 Å². The van der Waals surface area contributed by atoms with Crippen molar-refractivity contribution in [2.75, 3.05) is 9.80 Å². The van der Waals surface area contributed by atoms with Crippen LogP contribution in [0, 0.1) is 0 Å². The van der Waals surface area contributed by atoms with Crippen molar-refractivity contribution in [1.29, 1.82) is 0 Å². The number of halogens is 2. The number of nitrogens with zero attached hydrogens (tertiary/aromatic N) is 2. The first-order valence-corrected chi connectivity index (χ1v) is 26.9. The van der Waals surface area contributed by atoms with Crippen LogP contribution in [0.15, 0.2) is 285 Å². The van der Waals surface area contributed by atoms with Crippen LogP contribution in [0.2, 0.25) is 10.0 Å². The molecule has 0 spiro atoms. The molecule has 12 aromatic carbocycles. The summed E-state index contributed by atoms with van der Waals surface area (Å²) in [5.74, 6) is 0. The number of rotatable bonds is 9. The lowest BCUT2D eigenvalue weighted by Gasteiger charge is -2.46. The summed E-state index contributed by atoms with van der Waals surface area (Å²) in [6.07, 6.45) is 0. The standard InChI is InChI=1S/C72H47BCl2N2/c74-58-44-60(51-28-14-4-15-29-51)71(61(45-58)52-30-16-5-17-31-52)76-66-38-36-55(48-22-8-1-9-23-48)40-64(66)73-65-41-56(49-24-10-2-11-25-49)37-39-67(65)77(69-43-57(42-68(76)70(69)73)50-26-12-3-13-27-50)72-62(53-32-18-6-19-33-53)46-59(75)47-63(72)54-34-20-7-21-35-54/h1-47H. The molecule has 14 rings (SSSR count). The first-order chi connectivity index (χ1) is 38.0. The minimum Gasteiger partial charge on any atom is -0.310 e. The van der Waals surface area contributed by atoms with Gasteiger partial charge in [-0.1, -0.05) is 260 Å². The molecule has 0 unspecified atom stereocenters. The van der Waals surface area contributed by atoms with Crippen LogP contribution in [-0.4, -0.2) is 6.71 Å². The molecule has 0 aromatic heterocycles. The zero-order chi connectivity index (χ0) is 51.4. The Labute approximate surface area is 460 Å². The van der Waals surface area contributed by atoms with E-state index < -0.39 is 0 Å². The molecule has 2 aliphatic rings. The summed E-state index contributed by atoms with van der Waals surface area (Å²) < 4.78 is 0. The Balaban J connectivity index is 1.18. The maximum Gasteiger partial charge on any atom is 0.252 e. The molecule has 0 N–H and O–H groups in total. The summed E-state index contributed by atoms with van der Waals surface area (Å²) >= 11 is 14.7. The van der Waals surface area contributed by atoms with Gasteiger partial charge >= 0.3 is 0 Å². The van der Waals surface area contributed by atoms with E-state index in [0.29, 0.717) is 10.0 Å². The molecular weight excluding hydrogens is 975 g/mol. The second-order valence-electron chi connectivity index (χ2n) is 19.8. The fourth-order valence-electron chi connectivity index (χ4n) is 11.9. The molecule has 0 saturated carbocycles. The van der Waals surface area contributed by atoms with Crippen LogP contribution >= 0.6 is 23.2 Å². The number of hydrogen-bond donors (Lipinski definition) is 0. The lowest BCUT2D eigenvalue weighted by atomic mass is 9.33. The predicted molar refractivity (Wildman–Crippen MR) is 329 cm³/mol. The van der Waals surface area contributed by atoms with Gasteiger partial charge in [0.05, 0.1) is 11.4 Å². The van der Waals surface area contributed by atoms with Gasteiger partial charge in [0.15, 0.2) is 0 Å². The van der Waals surface area contributed by atoms with Gasteiger partial charge < -0.3 is 9.80 Å². The summed E-state index contributed by atoms with van der Waals surface area (Å²) in [6.45, 7) is -0.213. The Morgan fingerprint density at radius 1 is 0.234 bits per heavy atom. The van der Waals surface area contributed by atoms with Crippen LogP contribution in [0.3, 0.4) is 0 Å². The third kappa shape index (κ3) is 8.24. The van der Waals surface area contributed by atoms with Crippen molar-refractivity contribution >= 4 is 80.4 Å². The van der Waals surface area contributed by atoms with E-state index in [2.05, 4.69) is 295 Å². The second-order valence-corrected chi connectivity index (χ2v) is 20.7. The fraction of sp³-hybridized carbons (Fsp3) is 0. The maximum absolute atomic E-state index is 7.35. The fourth-order valence-corrected chi connectivity index (χ4v) is 12.4. The average molecular weight is 1020 g/mol. The molecule has 2 heterocycles. The highest BCUT2D eigenvalue weighted by Crippen LogP contribution is 2.54. The Kier molecular flexibility index (Phi) is 11.8. The molecule has 0 bridgehead atoms. The van der Waals surface area contributed by atoms with E-state index in [0.717, 1.165) is 112 Å². The van der Waals surface area contributed by atoms with Gasteiger partial charge in [-0.15, -0.1) is 0 Å². The number of fused-ring (bicyclic) bond motifs is 4. The minimum atomic E-state index is -0.213. The van der Waals surface area contributed by atoms with Crippen LogP contribution in [0.4, 0.5) is 34.1 Å². The minimum absolute atomic E-state index is 0.213. The van der Waals surface area contributed by atoms with Crippen molar-refractivity contribution in [1.82, 2.24) is 0 Å². The van der Waals surface area contributed by atoms with Crippen LogP contribution < -0.4 is 26.2 Å². The molecule has 12 aromatic rings. The topological polar surface area (TPSA) is 6.48 Å². The summed E-state index contributed by atoms with van der Waals surface area (Å²) in [4.78, 5) is 5.13. The van der Waals surface area contributed by atoms with Gasteiger partial charge in [0.1, 0.15) is 0 Å². The van der Waals surface area contributed by atoms with Gasteiger partial charge in [-0.2, -0.15) is 0 Å². The molecule has 0 fully saturated rings.